The monoisotopic (exact) mass is 1460 g/mol. The van der Waals surface area contributed by atoms with E-state index in [1.165, 1.54) is 61.9 Å². The summed E-state index contributed by atoms with van der Waals surface area (Å²) in [6.45, 7) is 6.77. The van der Waals surface area contributed by atoms with E-state index < -0.39 is 212 Å². The van der Waals surface area contributed by atoms with Crippen molar-refractivity contribution in [3.05, 3.63) is 12.2 Å². The average molecular weight is 1460 g/mol. The van der Waals surface area contributed by atoms with Gasteiger partial charge >= 0.3 is 12.4 Å². The second-order valence-electron chi connectivity index (χ2n) is 30.0. The second-order valence-corrected chi connectivity index (χ2v) is 30.0. The van der Waals surface area contributed by atoms with Crippen LogP contribution in [-0.4, -0.2) is 264 Å². The Labute approximate surface area is 593 Å². The molecule has 12 atom stereocenters. The van der Waals surface area contributed by atoms with Crippen LogP contribution in [0.5, 0.6) is 0 Å². The predicted octanol–water partition coefficient (Wildman–Crippen LogP) is 6.65. The van der Waals surface area contributed by atoms with Gasteiger partial charge in [0, 0.05) is 80.9 Å². The second kappa shape index (κ2) is 35.4. The molecule has 2 unspecified atom stereocenters. The van der Waals surface area contributed by atoms with Crippen LogP contribution in [0.2, 0.25) is 0 Å². The third kappa shape index (κ3) is 19.6. The van der Waals surface area contributed by atoms with Crippen molar-refractivity contribution in [1.29, 1.82) is 0 Å². The van der Waals surface area contributed by atoms with Gasteiger partial charge in [-0.3, -0.25) is 52.7 Å². The van der Waals surface area contributed by atoms with Crippen LogP contribution in [0.4, 0.5) is 35.1 Å². The molecule has 0 aromatic carbocycles. The van der Waals surface area contributed by atoms with Crippen LogP contribution in [0.25, 0.3) is 0 Å². The number of fused-ring (bicyclic) bond motifs is 3. The van der Waals surface area contributed by atoms with E-state index >= 15 is 37.5 Å². The molecule has 31 heteroatoms. The maximum Gasteiger partial charge on any atom is 0.397 e. The lowest BCUT2D eigenvalue weighted by Crippen LogP contribution is -2.68. The normalized spacial score (nSPS) is 33.2. The molecule has 0 radical (unpaired) electrons. The van der Waals surface area contributed by atoms with Gasteiger partial charge in [0.1, 0.15) is 66.1 Å². The number of carbonyl (C=O) groups is 11. The number of nitrogens with one attached hydrogen (secondary N) is 3. The SMILES string of the molecule is CCO[C@@H]1C[C@H]2C(=O)NC3(CCC3)C(=O)N(C)[C@@H](C3CCCC3)C(=O)N(C)[C@H](C)CC(=O)N(C)[C@@H](CC)C(=O)N[C@@H]([C@@H](C)CC)C(=O)N(C)CC(=O)N(C)[C@H]3C/C=C\CCN(C3=O)[C@@H](CC3CCC(C(F)(F)F)CC3)C(=O)N(C)CC(=O)N[C@@H](CCC3CC(F)C(C(F)(F)F)C(F)C3)C(=O)N2C1. The van der Waals surface area contributed by atoms with Crippen LogP contribution < -0.4 is 16.0 Å². The number of amides is 11. The highest BCUT2D eigenvalue weighted by molar-refractivity contribution is 6.00. The van der Waals surface area contributed by atoms with Gasteiger partial charge in [-0.15, -0.1) is 0 Å². The van der Waals surface area contributed by atoms with Crippen LogP contribution >= 0.6 is 0 Å². The van der Waals surface area contributed by atoms with Crippen molar-refractivity contribution in [3.63, 3.8) is 0 Å². The van der Waals surface area contributed by atoms with Crippen molar-refractivity contribution in [2.24, 2.45) is 35.5 Å². The number of hydrogen-bond acceptors (Lipinski definition) is 12. The van der Waals surface area contributed by atoms with Crippen molar-refractivity contribution in [2.75, 3.05) is 75.1 Å². The molecular formula is C71H109F8N11O12. The summed E-state index contributed by atoms with van der Waals surface area (Å²) < 4.78 is 121. The van der Waals surface area contributed by atoms with Gasteiger partial charge in [0.15, 0.2) is 0 Å². The maximum atomic E-state index is 15.4. The summed E-state index contributed by atoms with van der Waals surface area (Å²) >= 11 is 0. The van der Waals surface area contributed by atoms with Crippen molar-refractivity contribution >= 4 is 65.0 Å². The van der Waals surface area contributed by atoms with Gasteiger partial charge in [-0.1, -0.05) is 52.2 Å². The smallest absolute Gasteiger partial charge is 0.377 e. The van der Waals surface area contributed by atoms with E-state index in [1.807, 2.05) is 0 Å². The van der Waals surface area contributed by atoms with Gasteiger partial charge in [0.25, 0.3) is 0 Å². The van der Waals surface area contributed by atoms with Crippen LogP contribution in [0.3, 0.4) is 0 Å². The van der Waals surface area contributed by atoms with Crippen LogP contribution in [0.15, 0.2) is 12.2 Å². The first-order valence-corrected chi connectivity index (χ1v) is 36.7. The fourth-order valence-corrected chi connectivity index (χ4v) is 16.4. The van der Waals surface area contributed by atoms with Crippen LogP contribution in [0.1, 0.15) is 176 Å². The number of rotatable bonds is 11. The molecule has 7 aliphatic rings. The number of nitrogens with zero attached hydrogens (tertiary/aromatic N) is 8. The molecule has 0 aromatic heterocycles. The Morgan fingerprint density at radius 3 is 1.81 bits per heavy atom. The minimum absolute atomic E-state index is 0.00917. The molecule has 6 fully saturated rings. The predicted molar refractivity (Wildman–Crippen MR) is 359 cm³/mol. The van der Waals surface area contributed by atoms with Gasteiger partial charge in [0.05, 0.1) is 25.1 Å². The Morgan fingerprint density at radius 2 is 1.25 bits per heavy atom. The molecule has 1 spiro atoms. The summed E-state index contributed by atoms with van der Waals surface area (Å²) in [6.07, 6.45) is -11.8. The topological polar surface area (TPSA) is 259 Å². The molecule has 2 saturated heterocycles. The third-order valence-electron chi connectivity index (χ3n) is 23.2. The number of alkyl halides is 8. The van der Waals surface area contributed by atoms with Crippen molar-refractivity contribution in [2.45, 2.75) is 261 Å². The fraction of sp³-hybridized carbons (Fsp3) is 0.817. The molecule has 2 bridgehead atoms. The lowest BCUT2D eigenvalue weighted by Gasteiger charge is -2.46. The van der Waals surface area contributed by atoms with Crippen molar-refractivity contribution in [3.8, 4) is 0 Å². The lowest BCUT2D eigenvalue weighted by molar-refractivity contribution is -0.219. The van der Waals surface area contributed by atoms with E-state index in [2.05, 4.69) is 16.0 Å². The van der Waals surface area contributed by atoms with Crippen LogP contribution in [0, 0.1) is 35.5 Å². The van der Waals surface area contributed by atoms with Crippen molar-refractivity contribution in [1.82, 2.24) is 55.1 Å². The first kappa shape index (κ1) is 82.6. The Morgan fingerprint density at radius 1 is 0.618 bits per heavy atom. The summed E-state index contributed by atoms with van der Waals surface area (Å²) in [4.78, 5) is 174. The molecule has 3 N–H and O–H groups in total. The van der Waals surface area contributed by atoms with E-state index in [0.29, 0.717) is 25.7 Å². The summed E-state index contributed by atoms with van der Waals surface area (Å²) in [5.41, 5.74) is -1.60. The molecular weight excluding hydrogens is 1350 g/mol. The number of halogens is 8. The molecule has 4 saturated carbocycles. The summed E-state index contributed by atoms with van der Waals surface area (Å²) in [5, 5.41) is 8.41. The molecule has 102 heavy (non-hydrogen) atoms. The molecule has 576 valence electrons. The zero-order valence-electron chi connectivity index (χ0n) is 61.1. The number of ether oxygens (including phenoxy) is 1. The lowest BCUT2D eigenvalue weighted by atomic mass is 9.74. The summed E-state index contributed by atoms with van der Waals surface area (Å²) in [6, 6.07) is -10.1. The number of hydrogen-bond donors (Lipinski definition) is 3. The van der Waals surface area contributed by atoms with E-state index in [1.54, 1.807) is 46.8 Å². The van der Waals surface area contributed by atoms with Crippen LogP contribution in [-0.2, 0) is 57.5 Å². The van der Waals surface area contributed by atoms with Gasteiger partial charge in [-0.2, -0.15) is 26.3 Å². The molecule has 4 aliphatic carbocycles. The molecule has 11 amide bonds. The molecule has 3 heterocycles. The van der Waals surface area contributed by atoms with E-state index in [9.17, 15) is 50.3 Å². The van der Waals surface area contributed by atoms with Gasteiger partial charge in [-0.05, 0) is 147 Å². The van der Waals surface area contributed by atoms with Gasteiger partial charge < -0.3 is 59.9 Å². The maximum absolute atomic E-state index is 15.4. The fourth-order valence-electron chi connectivity index (χ4n) is 16.4. The largest absolute Gasteiger partial charge is 0.397 e. The van der Waals surface area contributed by atoms with Gasteiger partial charge in [-0.25, -0.2) is 8.78 Å². The Balaban J connectivity index is 1.28. The zero-order chi connectivity index (χ0) is 75.6. The Hall–Kier alpha value is -6.69. The Bertz CT molecular complexity index is 3010. The van der Waals surface area contributed by atoms with E-state index in [-0.39, 0.29) is 109 Å². The molecule has 3 aliphatic heterocycles. The number of likely N-dealkylation sites (N-methyl/N-ethyl adjacent to an activating group) is 6. The summed E-state index contributed by atoms with van der Waals surface area (Å²) in [7, 11) is 8.33. The first-order chi connectivity index (χ1) is 47.9. The molecule has 7 rings (SSSR count). The van der Waals surface area contributed by atoms with Crippen molar-refractivity contribution < 1.29 is 92.6 Å². The minimum atomic E-state index is -5.20. The highest BCUT2D eigenvalue weighted by Gasteiger charge is 2.56. The van der Waals surface area contributed by atoms with E-state index in [0.717, 1.165) is 32.4 Å². The minimum Gasteiger partial charge on any atom is -0.377 e. The third-order valence-corrected chi connectivity index (χ3v) is 23.2. The van der Waals surface area contributed by atoms with Gasteiger partial charge in [0.2, 0.25) is 65.0 Å². The highest BCUT2D eigenvalue weighted by Crippen LogP contribution is 2.46. The highest BCUT2D eigenvalue weighted by atomic mass is 19.4. The standard InChI is InChI=1S/C71H109F8N11O12/c1-12-41(4)59-66(99)84(7)40-57(93)87(10)52-23-16-15-19-32-89(65(52)98)54(36-43-24-27-46(28-25-43)70(74,75)76)64(97)83(6)39-55(91)80-50(29-26-44-34-48(72)58(49(73)35-44)71(77,78)79)63(96)90-38-47(102-14-3)37-53(90)62(95)82-69(30-20-31-69)68(101)88(11)60(45-21-17-18-22-45)67(100)85(8)42(5)33-56(92)86(9)51(13-2)61(94)81-59/h15-16,41-54,58-60H,12-14,17-40H2,1-11H3,(H,80,91)(H,81,94)(H,82,95)/b16-15-/t41-,42+,43?,44?,46?,47+,48?,49?,50-,51-,52-,53-,54-,58?,59-,60-/m0/s1. The zero-order valence-corrected chi connectivity index (χ0v) is 61.1. The Kier molecular flexibility index (Phi) is 28.7. The molecule has 23 nitrogen and oxygen atoms in total. The molecule has 0 aromatic rings. The first-order valence-electron chi connectivity index (χ1n) is 36.7. The average Bonchev–Trinajstić information content (AvgIpc) is 1.24. The number of carbonyl (C=O) groups excluding carboxylic acids is 11. The van der Waals surface area contributed by atoms with E-state index in [4.69, 9.17) is 4.74 Å². The quantitative estimate of drug-likeness (QED) is 0.145. The summed E-state index contributed by atoms with van der Waals surface area (Å²) in [5.74, 6) is -15.0.